The lowest BCUT2D eigenvalue weighted by molar-refractivity contribution is -0.150. The summed E-state index contributed by atoms with van der Waals surface area (Å²) in [5.41, 5.74) is 0. The average molecular weight is 146 g/mol. The van der Waals surface area contributed by atoms with Gasteiger partial charge in [0.1, 0.15) is 0 Å². The molecule has 0 aromatic rings. The molecule has 0 amide bonds. The highest BCUT2D eigenvalue weighted by molar-refractivity contribution is 5.72. The van der Waals surface area contributed by atoms with E-state index in [0.717, 1.165) is 0 Å². The van der Waals surface area contributed by atoms with Crippen molar-refractivity contribution < 1.29 is 14.6 Å². The quantitative estimate of drug-likeness (QED) is 0.592. The molecule has 2 atom stereocenters. The molecule has 0 saturated heterocycles. The van der Waals surface area contributed by atoms with Crippen LogP contribution in [0.1, 0.15) is 20.8 Å². The molecule has 0 aliphatic heterocycles. The summed E-state index contributed by atoms with van der Waals surface area (Å²) >= 11 is 0. The minimum absolute atomic E-state index is 0.336. The van der Waals surface area contributed by atoms with E-state index < -0.39 is 12.0 Å². The molecule has 0 heterocycles. The van der Waals surface area contributed by atoms with Crippen LogP contribution in [0.3, 0.4) is 0 Å². The van der Waals surface area contributed by atoms with Crippen LogP contribution in [0.4, 0.5) is 0 Å². The van der Waals surface area contributed by atoms with E-state index in [9.17, 15) is 4.79 Å². The fraction of sp³-hybridized carbons (Fsp3) is 0.857. The molecule has 0 saturated carbocycles. The Kier molecular flexibility index (Phi) is 4.03. The summed E-state index contributed by atoms with van der Waals surface area (Å²) in [5, 5.41) is 8.92. The maximum atomic E-state index is 10.8. The van der Waals surface area contributed by atoms with E-state index in [-0.39, 0.29) is 5.97 Å². The van der Waals surface area contributed by atoms with Crippen molar-refractivity contribution in [3.05, 3.63) is 0 Å². The molecule has 0 aliphatic carbocycles. The largest absolute Gasteiger partial charge is 0.466 e. The van der Waals surface area contributed by atoms with Crippen LogP contribution in [0.25, 0.3) is 0 Å². The van der Waals surface area contributed by atoms with Crippen molar-refractivity contribution in [2.24, 2.45) is 5.92 Å². The first-order valence-electron chi connectivity index (χ1n) is 3.44. The maximum absolute atomic E-state index is 10.8. The second kappa shape index (κ2) is 4.28. The van der Waals surface area contributed by atoms with Crippen LogP contribution in [-0.4, -0.2) is 23.8 Å². The molecule has 0 radical (unpaired) electrons. The molecule has 1 N–H and O–H groups in total. The molecule has 0 aromatic heterocycles. The molecule has 60 valence electrons. The van der Waals surface area contributed by atoms with Crippen molar-refractivity contribution in [3.8, 4) is 0 Å². The third kappa shape index (κ3) is 2.82. The minimum Gasteiger partial charge on any atom is -0.466 e. The van der Waals surface area contributed by atoms with Crippen LogP contribution < -0.4 is 0 Å². The standard InChI is InChI=1S/C7H14O3/c1-4-10-7(9)5(2)6(3)8/h5-6,8H,4H2,1-3H3/t5?,6-/m0/s1. The molecule has 3 heteroatoms. The highest BCUT2D eigenvalue weighted by Gasteiger charge is 2.18. The van der Waals surface area contributed by atoms with Crippen LogP contribution in [-0.2, 0) is 9.53 Å². The van der Waals surface area contributed by atoms with Gasteiger partial charge in [0.25, 0.3) is 0 Å². The molecule has 3 nitrogen and oxygen atoms in total. The van der Waals surface area contributed by atoms with Crippen molar-refractivity contribution >= 4 is 5.97 Å². The zero-order valence-electron chi connectivity index (χ0n) is 6.63. The average Bonchev–Trinajstić information content (AvgIpc) is 1.87. The molecular formula is C7H14O3. The minimum atomic E-state index is -0.626. The maximum Gasteiger partial charge on any atom is 0.311 e. The van der Waals surface area contributed by atoms with Gasteiger partial charge >= 0.3 is 5.97 Å². The van der Waals surface area contributed by atoms with Gasteiger partial charge < -0.3 is 9.84 Å². The number of hydrogen-bond donors (Lipinski definition) is 1. The molecule has 0 aromatic carbocycles. The van der Waals surface area contributed by atoms with E-state index in [1.165, 1.54) is 0 Å². The summed E-state index contributed by atoms with van der Waals surface area (Å²) in [6.07, 6.45) is -0.626. The Bertz CT molecular complexity index is 109. The Balaban J connectivity index is 3.71. The van der Waals surface area contributed by atoms with E-state index >= 15 is 0 Å². The summed E-state index contributed by atoms with van der Waals surface area (Å²) in [7, 11) is 0. The predicted octanol–water partition coefficient (Wildman–Crippen LogP) is 0.566. The molecule has 0 spiro atoms. The van der Waals surface area contributed by atoms with Gasteiger partial charge in [-0.05, 0) is 20.8 Å². The zero-order valence-corrected chi connectivity index (χ0v) is 6.63. The molecule has 0 aliphatic rings. The topological polar surface area (TPSA) is 46.5 Å². The van der Waals surface area contributed by atoms with Crippen LogP contribution in [0.2, 0.25) is 0 Å². The number of ether oxygens (including phenoxy) is 1. The monoisotopic (exact) mass is 146 g/mol. The number of esters is 1. The van der Waals surface area contributed by atoms with E-state index in [1.807, 2.05) is 0 Å². The Morgan fingerprint density at radius 2 is 2.10 bits per heavy atom. The summed E-state index contributed by atoms with van der Waals surface area (Å²) in [6, 6.07) is 0. The van der Waals surface area contributed by atoms with Crippen molar-refractivity contribution in [1.82, 2.24) is 0 Å². The Morgan fingerprint density at radius 1 is 1.60 bits per heavy atom. The number of carbonyl (C=O) groups is 1. The molecule has 0 bridgehead atoms. The number of rotatable bonds is 3. The van der Waals surface area contributed by atoms with Gasteiger partial charge in [-0.15, -0.1) is 0 Å². The Labute approximate surface area is 61.0 Å². The third-order valence-corrected chi connectivity index (χ3v) is 1.38. The first kappa shape index (κ1) is 9.43. The van der Waals surface area contributed by atoms with E-state index in [0.29, 0.717) is 6.61 Å². The first-order valence-corrected chi connectivity index (χ1v) is 3.44. The van der Waals surface area contributed by atoms with Gasteiger partial charge in [-0.2, -0.15) is 0 Å². The van der Waals surface area contributed by atoms with Gasteiger partial charge in [-0.1, -0.05) is 0 Å². The Morgan fingerprint density at radius 3 is 2.40 bits per heavy atom. The summed E-state index contributed by atoms with van der Waals surface area (Å²) < 4.78 is 4.67. The van der Waals surface area contributed by atoms with Gasteiger partial charge in [0.05, 0.1) is 18.6 Å². The molecule has 0 rings (SSSR count). The SMILES string of the molecule is CCOC(=O)C(C)[C@H](C)O. The van der Waals surface area contributed by atoms with Crippen molar-refractivity contribution in [3.63, 3.8) is 0 Å². The van der Waals surface area contributed by atoms with Crippen LogP contribution >= 0.6 is 0 Å². The smallest absolute Gasteiger partial charge is 0.311 e. The van der Waals surface area contributed by atoms with Crippen molar-refractivity contribution in [2.45, 2.75) is 26.9 Å². The van der Waals surface area contributed by atoms with Crippen molar-refractivity contribution in [2.75, 3.05) is 6.61 Å². The molecule has 10 heavy (non-hydrogen) atoms. The lowest BCUT2D eigenvalue weighted by Gasteiger charge is -2.11. The number of aliphatic hydroxyl groups excluding tert-OH is 1. The van der Waals surface area contributed by atoms with E-state index in [4.69, 9.17) is 5.11 Å². The van der Waals surface area contributed by atoms with E-state index in [2.05, 4.69) is 4.74 Å². The van der Waals surface area contributed by atoms with Gasteiger partial charge in [0.2, 0.25) is 0 Å². The van der Waals surface area contributed by atoms with Crippen LogP contribution in [0, 0.1) is 5.92 Å². The zero-order chi connectivity index (χ0) is 8.15. The molecule has 1 unspecified atom stereocenters. The third-order valence-electron chi connectivity index (χ3n) is 1.38. The number of carbonyl (C=O) groups excluding carboxylic acids is 1. The van der Waals surface area contributed by atoms with Gasteiger partial charge in [0, 0.05) is 0 Å². The predicted molar refractivity (Wildman–Crippen MR) is 37.5 cm³/mol. The number of aliphatic hydroxyl groups is 1. The summed E-state index contributed by atoms with van der Waals surface area (Å²) in [6.45, 7) is 5.33. The van der Waals surface area contributed by atoms with Crippen LogP contribution in [0.15, 0.2) is 0 Å². The molecular weight excluding hydrogens is 132 g/mol. The summed E-state index contributed by atoms with van der Waals surface area (Å²) in [5.74, 6) is -0.752. The normalized spacial score (nSPS) is 16.0. The van der Waals surface area contributed by atoms with Gasteiger partial charge in [0.15, 0.2) is 0 Å². The Hall–Kier alpha value is -0.570. The second-order valence-electron chi connectivity index (χ2n) is 2.28. The van der Waals surface area contributed by atoms with Crippen molar-refractivity contribution in [1.29, 1.82) is 0 Å². The lowest BCUT2D eigenvalue weighted by Crippen LogP contribution is -2.24. The lowest BCUT2D eigenvalue weighted by atomic mass is 10.1. The van der Waals surface area contributed by atoms with Gasteiger partial charge in [-0.3, -0.25) is 4.79 Å². The second-order valence-corrected chi connectivity index (χ2v) is 2.28. The van der Waals surface area contributed by atoms with Crippen LogP contribution in [0.5, 0.6) is 0 Å². The molecule has 0 fully saturated rings. The highest BCUT2D eigenvalue weighted by atomic mass is 16.5. The summed E-state index contributed by atoms with van der Waals surface area (Å²) in [4.78, 5) is 10.8. The highest BCUT2D eigenvalue weighted by Crippen LogP contribution is 2.03. The number of hydrogen-bond acceptors (Lipinski definition) is 3. The van der Waals surface area contributed by atoms with E-state index in [1.54, 1.807) is 20.8 Å². The first-order chi connectivity index (χ1) is 4.59. The van der Waals surface area contributed by atoms with Gasteiger partial charge in [-0.25, -0.2) is 0 Å². The fourth-order valence-corrected chi connectivity index (χ4v) is 0.471. The fourth-order valence-electron chi connectivity index (χ4n) is 0.471.